The van der Waals surface area contributed by atoms with E-state index in [1.54, 1.807) is 7.11 Å². The van der Waals surface area contributed by atoms with Crippen LogP contribution in [-0.2, 0) is 6.54 Å². The lowest BCUT2D eigenvalue weighted by Crippen LogP contribution is -2.28. The smallest absolute Gasteiger partial charge is 0.119 e. The van der Waals surface area contributed by atoms with Crippen molar-refractivity contribution in [2.45, 2.75) is 25.4 Å². The summed E-state index contributed by atoms with van der Waals surface area (Å²) in [5.41, 5.74) is 1.30. The highest BCUT2D eigenvalue weighted by Crippen LogP contribution is 2.24. The molecule has 0 saturated carbocycles. The summed E-state index contributed by atoms with van der Waals surface area (Å²) in [6.45, 7) is 2.32. The Bertz CT molecular complexity index is 546. The summed E-state index contributed by atoms with van der Waals surface area (Å²) in [5.74, 6) is 0.929. The van der Waals surface area contributed by atoms with Gasteiger partial charge in [0.1, 0.15) is 5.75 Å². The third-order valence-corrected chi connectivity index (χ3v) is 4.06. The van der Waals surface area contributed by atoms with Gasteiger partial charge in [-0.15, -0.1) is 0 Å². The molecule has 18 heavy (non-hydrogen) atoms. The van der Waals surface area contributed by atoms with E-state index in [9.17, 15) is 0 Å². The Labute approximate surface area is 108 Å². The molecule has 0 amide bonds. The summed E-state index contributed by atoms with van der Waals surface area (Å²) < 4.78 is 7.63. The fourth-order valence-corrected chi connectivity index (χ4v) is 2.90. The molecule has 3 rings (SSSR count). The lowest BCUT2D eigenvalue weighted by atomic mass is 10.2. The fraction of sp³-hybridized carbons (Fsp3) is 0.467. The van der Waals surface area contributed by atoms with E-state index in [-0.39, 0.29) is 0 Å². The number of ether oxygens (including phenoxy) is 1. The molecule has 1 fully saturated rings. The average Bonchev–Trinajstić information content (AvgIpc) is 2.97. The molecule has 3 heteroatoms. The van der Waals surface area contributed by atoms with Gasteiger partial charge in [0, 0.05) is 29.7 Å². The standard InChI is InChI=1S/C15H20N2O/c1-16-8-3-4-13(16)11-17-9-7-12-10-14(18-2)5-6-15(12)17/h5-7,9-10,13H,3-4,8,11H2,1-2H3/t13-/m1/s1. The van der Waals surface area contributed by atoms with E-state index in [4.69, 9.17) is 4.74 Å². The predicted molar refractivity (Wildman–Crippen MR) is 74.1 cm³/mol. The van der Waals surface area contributed by atoms with E-state index >= 15 is 0 Å². The van der Waals surface area contributed by atoms with E-state index in [0.717, 1.165) is 12.3 Å². The highest BCUT2D eigenvalue weighted by molar-refractivity contribution is 5.81. The van der Waals surface area contributed by atoms with Gasteiger partial charge in [-0.05, 0) is 50.7 Å². The number of hydrogen-bond acceptors (Lipinski definition) is 2. The molecule has 1 atom stereocenters. The van der Waals surface area contributed by atoms with Gasteiger partial charge in [0.05, 0.1) is 7.11 Å². The van der Waals surface area contributed by atoms with Gasteiger partial charge in [0.25, 0.3) is 0 Å². The molecule has 1 saturated heterocycles. The zero-order chi connectivity index (χ0) is 12.5. The van der Waals surface area contributed by atoms with E-state index in [2.05, 4.69) is 40.9 Å². The second-order valence-corrected chi connectivity index (χ2v) is 5.17. The first-order valence-electron chi connectivity index (χ1n) is 6.61. The summed E-state index contributed by atoms with van der Waals surface area (Å²) >= 11 is 0. The number of aromatic nitrogens is 1. The summed E-state index contributed by atoms with van der Waals surface area (Å²) in [6, 6.07) is 9.15. The van der Waals surface area contributed by atoms with Crippen molar-refractivity contribution in [3.05, 3.63) is 30.5 Å². The average molecular weight is 244 g/mol. The molecule has 0 spiro atoms. The van der Waals surface area contributed by atoms with Crippen molar-refractivity contribution in [3.8, 4) is 5.75 Å². The van der Waals surface area contributed by atoms with Gasteiger partial charge in [-0.25, -0.2) is 0 Å². The topological polar surface area (TPSA) is 17.4 Å². The third kappa shape index (κ3) is 1.99. The first-order valence-corrected chi connectivity index (χ1v) is 6.61. The molecular weight excluding hydrogens is 224 g/mol. The van der Waals surface area contributed by atoms with Crippen molar-refractivity contribution in [2.75, 3.05) is 20.7 Å². The predicted octanol–water partition coefficient (Wildman–Crippen LogP) is 2.74. The molecule has 3 nitrogen and oxygen atoms in total. The highest BCUT2D eigenvalue weighted by atomic mass is 16.5. The van der Waals surface area contributed by atoms with Crippen LogP contribution >= 0.6 is 0 Å². The molecule has 1 aromatic carbocycles. The molecule has 0 bridgehead atoms. The number of nitrogens with zero attached hydrogens (tertiary/aromatic N) is 2. The van der Waals surface area contributed by atoms with Crippen molar-refractivity contribution in [2.24, 2.45) is 0 Å². The SMILES string of the molecule is COc1ccc2c(ccn2C[C@H]2CCCN2C)c1. The maximum Gasteiger partial charge on any atom is 0.119 e. The van der Waals surface area contributed by atoms with Crippen LogP contribution in [0.5, 0.6) is 5.75 Å². The lowest BCUT2D eigenvalue weighted by Gasteiger charge is -2.20. The minimum atomic E-state index is 0.683. The van der Waals surface area contributed by atoms with Crippen molar-refractivity contribution >= 4 is 10.9 Å². The molecule has 1 aliphatic rings. The normalized spacial score (nSPS) is 20.7. The molecule has 0 unspecified atom stereocenters. The van der Waals surface area contributed by atoms with Gasteiger partial charge in [0.2, 0.25) is 0 Å². The molecule has 1 aromatic heterocycles. The lowest BCUT2D eigenvalue weighted by molar-refractivity contribution is 0.284. The number of fused-ring (bicyclic) bond motifs is 1. The van der Waals surface area contributed by atoms with Crippen LogP contribution in [0.1, 0.15) is 12.8 Å². The quantitative estimate of drug-likeness (QED) is 0.826. The van der Waals surface area contributed by atoms with E-state index in [1.807, 2.05) is 6.07 Å². The van der Waals surface area contributed by atoms with Crippen LogP contribution in [0.15, 0.2) is 30.5 Å². The summed E-state index contributed by atoms with van der Waals surface area (Å²) in [5, 5.41) is 1.26. The minimum absolute atomic E-state index is 0.683. The zero-order valence-electron chi connectivity index (χ0n) is 11.1. The van der Waals surface area contributed by atoms with Crippen molar-refractivity contribution < 1.29 is 4.74 Å². The summed E-state index contributed by atoms with van der Waals surface area (Å²) in [4.78, 5) is 2.47. The Balaban J connectivity index is 1.88. The number of hydrogen-bond donors (Lipinski definition) is 0. The van der Waals surface area contributed by atoms with Crippen molar-refractivity contribution in [1.29, 1.82) is 0 Å². The Morgan fingerprint density at radius 3 is 2.94 bits per heavy atom. The second kappa shape index (κ2) is 4.65. The molecule has 2 aromatic rings. The Morgan fingerprint density at radius 2 is 2.22 bits per heavy atom. The zero-order valence-corrected chi connectivity index (χ0v) is 11.1. The van der Waals surface area contributed by atoms with Crippen molar-refractivity contribution in [3.63, 3.8) is 0 Å². The van der Waals surface area contributed by atoms with Crippen LogP contribution in [0, 0.1) is 0 Å². The first kappa shape index (κ1) is 11.6. The largest absolute Gasteiger partial charge is 0.497 e. The van der Waals surface area contributed by atoms with E-state index in [1.165, 1.54) is 30.3 Å². The van der Waals surface area contributed by atoms with Crippen LogP contribution in [0.2, 0.25) is 0 Å². The number of benzene rings is 1. The number of likely N-dealkylation sites (tertiary alicyclic amines) is 1. The first-order chi connectivity index (χ1) is 8.78. The monoisotopic (exact) mass is 244 g/mol. The van der Waals surface area contributed by atoms with Crippen LogP contribution < -0.4 is 4.74 Å². The Kier molecular flexibility index (Phi) is 3.00. The van der Waals surface area contributed by atoms with Gasteiger partial charge < -0.3 is 14.2 Å². The maximum atomic E-state index is 5.26. The minimum Gasteiger partial charge on any atom is -0.497 e. The highest BCUT2D eigenvalue weighted by Gasteiger charge is 2.21. The second-order valence-electron chi connectivity index (χ2n) is 5.17. The van der Waals surface area contributed by atoms with E-state index < -0.39 is 0 Å². The van der Waals surface area contributed by atoms with Crippen molar-refractivity contribution in [1.82, 2.24) is 9.47 Å². The third-order valence-electron chi connectivity index (χ3n) is 4.06. The van der Waals surface area contributed by atoms with Gasteiger partial charge in [-0.1, -0.05) is 0 Å². The van der Waals surface area contributed by atoms with Gasteiger partial charge in [-0.2, -0.15) is 0 Å². The Morgan fingerprint density at radius 1 is 1.33 bits per heavy atom. The number of likely N-dealkylation sites (N-methyl/N-ethyl adjacent to an activating group) is 1. The Hall–Kier alpha value is -1.48. The van der Waals surface area contributed by atoms with Crippen LogP contribution in [0.25, 0.3) is 10.9 Å². The number of methoxy groups -OCH3 is 1. The van der Waals surface area contributed by atoms with Gasteiger partial charge >= 0.3 is 0 Å². The maximum absolute atomic E-state index is 5.26. The molecule has 0 aliphatic carbocycles. The van der Waals surface area contributed by atoms with Crippen LogP contribution in [-0.4, -0.2) is 36.2 Å². The molecule has 2 heterocycles. The summed E-state index contributed by atoms with van der Waals surface area (Å²) in [7, 11) is 3.94. The van der Waals surface area contributed by atoms with Gasteiger partial charge in [0.15, 0.2) is 0 Å². The van der Waals surface area contributed by atoms with Gasteiger partial charge in [-0.3, -0.25) is 0 Å². The van der Waals surface area contributed by atoms with Crippen LogP contribution in [0.4, 0.5) is 0 Å². The summed E-state index contributed by atoms with van der Waals surface area (Å²) in [6.07, 6.45) is 4.83. The number of rotatable bonds is 3. The molecule has 0 radical (unpaired) electrons. The van der Waals surface area contributed by atoms with E-state index in [0.29, 0.717) is 6.04 Å². The van der Waals surface area contributed by atoms with Crippen LogP contribution in [0.3, 0.4) is 0 Å². The molecule has 96 valence electrons. The fourth-order valence-electron chi connectivity index (χ4n) is 2.90. The molecular formula is C15H20N2O. The molecule has 0 N–H and O–H groups in total. The molecule has 1 aliphatic heterocycles.